The van der Waals surface area contributed by atoms with Crippen molar-refractivity contribution in [2.45, 2.75) is 24.2 Å². The molecule has 0 amide bonds. The second-order valence-corrected chi connectivity index (χ2v) is 4.68. The molecule has 0 aliphatic carbocycles. The monoisotopic (exact) mass is 222 g/mol. The van der Waals surface area contributed by atoms with Gasteiger partial charge in [0.2, 0.25) is 0 Å². The SMILES string of the molecule is CCC(C)[CH]([SnH])CO. The Balaban J connectivity index is 3.29. The third kappa shape index (κ3) is 2.92. The van der Waals surface area contributed by atoms with E-state index in [9.17, 15) is 0 Å². The van der Waals surface area contributed by atoms with Crippen LogP contribution in [-0.4, -0.2) is 34.2 Å². The van der Waals surface area contributed by atoms with E-state index in [1.807, 2.05) is 0 Å². The molecule has 1 N–H and O–H groups in total. The van der Waals surface area contributed by atoms with Gasteiger partial charge in [0.05, 0.1) is 0 Å². The molecule has 0 fully saturated rings. The molecule has 0 aromatic heterocycles. The topological polar surface area (TPSA) is 20.2 Å². The van der Waals surface area contributed by atoms with Gasteiger partial charge in [-0.3, -0.25) is 0 Å². The van der Waals surface area contributed by atoms with Crippen molar-refractivity contribution in [3.63, 3.8) is 0 Å². The van der Waals surface area contributed by atoms with Gasteiger partial charge >= 0.3 is 64.4 Å². The average Bonchev–Trinajstić information content (AvgIpc) is 1.84. The molecule has 0 aromatic carbocycles. The van der Waals surface area contributed by atoms with E-state index in [4.69, 9.17) is 5.11 Å². The fraction of sp³-hybridized carbons (Fsp3) is 1.00. The van der Waals surface area contributed by atoms with Gasteiger partial charge < -0.3 is 0 Å². The van der Waals surface area contributed by atoms with E-state index in [0.29, 0.717) is 10.5 Å². The zero-order chi connectivity index (χ0) is 6.57. The van der Waals surface area contributed by atoms with Crippen molar-refractivity contribution in [1.29, 1.82) is 0 Å². The van der Waals surface area contributed by atoms with Gasteiger partial charge in [-0.25, -0.2) is 0 Å². The molecule has 0 rings (SSSR count). The van der Waals surface area contributed by atoms with Crippen molar-refractivity contribution >= 4 is 22.5 Å². The van der Waals surface area contributed by atoms with Gasteiger partial charge in [0, 0.05) is 0 Å². The maximum atomic E-state index is 8.67. The predicted molar refractivity (Wildman–Crippen MR) is 37.4 cm³/mol. The van der Waals surface area contributed by atoms with Crippen LogP contribution in [0.2, 0.25) is 3.93 Å². The van der Waals surface area contributed by atoms with Crippen LogP contribution in [0, 0.1) is 5.92 Å². The quantitative estimate of drug-likeness (QED) is 0.696. The van der Waals surface area contributed by atoms with Crippen LogP contribution < -0.4 is 0 Å². The van der Waals surface area contributed by atoms with Crippen molar-refractivity contribution in [2.24, 2.45) is 5.92 Å². The summed E-state index contributed by atoms with van der Waals surface area (Å²) in [4.78, 5) is 0. The second-order valence-electron chi connectivity index (χ2n) is 2.23. The number of aliphatic hydroxyl groups is 1. The molecule has 48 valence electrons. The van der Waals surface area contributed by atoms with E-state index < -0.39 is 0 Å². The number of aliphatic hydroxyl groups excluding tert-OH is 1. The summed E-state index contributed by atoms with van der Waals surface area (Å²) in [6.45, 7) is 4.76. The van der Waals surface area contributed by atoms with Crippen molar-refractivity contribution in [3.8, 4) is 0 Å². The molecule has 2 heteroatoms. The molecule has 0 aromatic rings. The summed E-state index contributed by atoms with van der Waals surface area (Å²) in [6.07, 6.45) is 1.20. The molecule has 0 bridgehead atoms. The van der Waals surface area contributed by atoms with E-state index in [-0.39, 0.29) is 0 Å². The minimum atomic E-state index is 0.386. The van der Waals surface area contributed by atoms with Crippen LogP contribution in [0.4, 0.5) is 0 Å². The molecule has 2 radical (unpaired) electrons. The fourth-order valence-electron chi connectivity index (χ4n) is 0.483. The summed E-state index contributed by atoms with van der Waals surface area (Å²) in [7, 11) is 0. The van der Waals surface area contributed by atoms with E-state index in [0.717, 1.165) is 5.92 Å². The summed E-state index contributed by atoms with van der Waals surface area (Å²) >= 11 is 1.19. The standard InChI is InChI=1S/C6H13O.Sn.H/c1-3-6(2)4-5-7;;/h4,6-7H,3,5H2,1-2H3;;. The van der Waals surface area contributed by atoms with Crippen molar-refractivity contribution < 1.29 is 5.11 Å². The van der Waals surface area contributed by atoms with Crippen molar-refractivity contribution in [2.75, 3.05) is 6.61 Å². The third-order valence-corrected chi connectivity index (χ3v) is 4.06. The number of hydrogen-bond donors (Lipinski definition) is 1. The summed E-state index contributed by atoms with van der Waals surface area (Å²) in [5, 5.41) is 8.67. The first-order valence-corrected chi connectivity index (χ1v) is 4.99. The third-order valence-electron chi connectivity index (χ3n) is 1.59. The van der Waals surface area contributed by atoms with E-state index >= 15 is 0 Å². The van der Waals surface area contributed by atoms with Crippen LogP contribution in [-0.2, 0) is 0 Å². The minimum absolute atomic E-state index is 0.386. The summed E-state index contributed by atoms with van der Waals surface area (Å²) in [5.41, 5.74) is 0. The molecular formula is C6H14OSn. The molecular weight excluding hydrogens is 207 g/mol. The van der Waals surface area contributed by atoms with Gasteiger partial charge in [-0.1, -0.05) is 0 Å². The molecule has 1 nitrogen and oxygen atoms in total. The Labute approximate surface area is 64.6 Å². The normalized spacial score (nSPS) is 18.0. The van der Waals surface area contributed by atoms with E-state index in [1.54, 1.807) is 0 Å². The number of rotatable bonds is 3. The summed E-state index contributed by atoms with van der Waals surface area (Å²) < 4.78 is 0.602. The van der Waals surface area contributed by atoms with Crippen LogP contribution in [0.5, 0.6) is 0 Å². The van der Waals surface area contributed by atoms with Crippen molar-refractivity contribution in [3.05, 3.63) is 0 Å². The zero-order valence-corrected chi connectivity index (χ0v) is 8.89. The zero-order valence-electron chi connectivity index (χ0n) is 5.59. The fourth-order valence-corrected chi connectivity index (χ4v) is 1.26. The molecule has 0 aliphatic rings. The van der Waals surface area contributed by atoms with Gasteiger partial charge in [-0.15, -0.1) is 0 Å². The molecule has 0 aliphatic heterocycles. The van der Waals surface area contributed by atoms with Gasteiger partial charge in [0.15, 0.2) is 0 Å². The van der Waals surface area contributed by atoms with Crippen LogP contribution >= 0.6 is 0 Å². The summed E-state index contributed by atoms with van der Waals surface area (Å²) in [6, 6.07) is 0. The van der Waals surface area contributed by atoms with Crippen LogP contribution in [0.1, 0.15) is 20.3 Å². The van der Waals surface area contributed by atoms with Gasteiger partial charge in [-0.2, -0.15) is 0 Å². The molecule has 2 atom stereocenters. The first-order valence-electron chi connectivity index (χ1n) is 3.08. The molecule has 0 saturated heterocycles. The van der Waals surface area contributed by atoms with Crippen LogP contribution in [0.3, 0.4) is 0 Å². The Morgan fingerprint density at radius 3 is 2.25 bits per heavy atom. The average molecular weight is 221 g/mol. The Bertz CT molecular complexity index is 48.5. The predicted octanol–water partition coefficient (Wildman–Crippen LogP) is 0.714. The second kappa shape index (κ2) is 4.62. The molecule has 2 unspecified atom stereocenters. The Morgan fingerprint density at radius 1 is 1.62 bits per heavy atom. The molecule has 0 heterocycles. The molecule has 0 saturated carbocycles. The van der Waals surface area contributed by atoms with Gasteiger partial charge in [0.1, 0.15) is 0 Å². The molecule has 0 spiro atoms. The maximum absolute atomic E-state index is 8.67. The van der Waals surface area contributed by atoms with E-state index in [2.05, 4.69) is 13.8 Å². The summed E-state index contributed by atoms with van der Waals surface area (Å²) in [5.74, 6) is 0.724. The first kappa shape index (κ1) is 8.76. The van der Waals surface area contributed by atoms with E-state index in [1.165, 1.54) is 28.9 Å². The first-order chi connectivity index (χ1) is 3.72. The Hall–Kier alpha value is 0.759. The van der Waals surface area contributed by atoms with Crippen LogP contribution in [0.25, 0.3) is 0 Å². The van der Waals surface area contributed by atoms with Gasteiger partial charge in [-0.05, 0) is 0 Å². The Morgan fingerprint density at radius 2 is 2.12 bits per heavy atom. The van der Waals surface area contributed by atoms with Crippen molar-refractivity contribution in [1.82, 2.24) is 0 Å². The Kier molecular flexibility index (Phi) is 5.06. The molecule has 8 heavy (non-hydrogen) atoms. The van der Waals surface area contributed by atoms with Crippen LogP contribution in [0.15, 0.2) is 0 Å². The number of hydrogen-bond acceptors (Lipinski definition) is 1. The van der Waals surface area contributed by atoms with Gasteiger partial charge in [0.25, 0.3) is 0 Å².